The van der Waals surface area contributed by atoms with E-state index in [1.54, 1.807) is 24.3 Å². The highest BCUT2D eigenvalue weighted by Gasteiger charge is 2.29. The summed E-state index contributed by atoms with van der Waals surface area (Å²) < 4.78 is 34.0. The van der Waals surface area contributed by atoms with Crippen molar-refractivity contribution in [3.8, 4) is 11.5 Å². The fourth-order valence-corrected chi connectivity index (χ4v) is 5.25. The number of rotatable bonds is 7. The molecule has 32 heavy (non-hydrogen) atoms. The summed E-state index contributed by atoms with van der Waals surface area (Å²) in [5, 5.41) is 8.97. The van der Waals surface area contributed by atoms with E-state index < -0.39 is 10.0 Å². The van der Waals surface area contributed by atoms with Crippen LogP contribution in [0.5, 0.6) is 0 Å². The van der Waals surface area contributed by atoms with Crippen LogP contribution >= 0.6 is 34.8 Å². The molecule has 1 heterocycles. The van der Waals surface area contributed by atoms with E-state index in [0.29, 0.717) is 10.6 Å². The molecule has 10 heteroatoms. The molecule has 0 aliphatic rings. The molecule has 0 saturated carbocycles. The van der Waals surface area contributed by atoms with Crippen molar-refractivity contribution in [1.29, 1.82) is 0 Å². The summed E-state index contributed by atoms with van der Waals surface area (Å²) in [6, 6.07) is 20.4. The highest BCUT2D eigenvalue weighted by atomic mass is 35.5. The van der Waals surface area contributed by atoms with E-state index in [-0.39, 0.29) is 39.8 Å². The van der Waals surface area contributed by atoms with Gasteiger partial charge < -0.3 is 4.42 Å². The van der Waals surface area contributed by atoms with Crippen LogP contribution in [0.4, 0.5) is 0 Å². The Labute approximate surface area is 200 Å². The molecule has 0 aliphatic heterocycles. The molecule has 0 N–H and O–H groups in total. The standard InChI is InChI=1S/C22H16Cl3N3O3S/c23-17-8-6-16(7-9-17)22-27-26-21(31-22)14-28(13-15-4-2-1-3-5-15)32(29,30)20-12-18(24)10-11-19(20)25/h1-12H,13-14H2. The lowest BCUT2D eigenvalue weighted by atomic mass is 10.2. The Morgan fingerprint density at radius 2 is 1.50 bits per heavy atom. The molecule has 6 nitrogen and oxygen atoms in total. The van der Waals surface area contributed by atoms with Crippen LogP contribution in [0.25, 0.3) is 11.5 Å². The van der Waals surface area contributed by atoms with E-state index in [9.17, 15) is 8.42 Å². The van der Waals surface area contributed by atoms with Gasteiger partial charge in [-0.1, -0.05) is 65.1 Å². The lowest BCUT2D eigenvalue weighted by molar-refractivity contribution is 0.353. The molecule has 4 rings (SSSR count). The van der Waals surface area contributed by atoms with Crippen molar-refractivity contribution < 1.29 is 12.8 Å². The maximum Gasteiger partial charge on any atom is 0.247 e. The molecule has 0 radical (unpaired) electrons. The highest BCUT2D eigenvalue weighted by molar-refractivity contribution is 7.89. The number of aromatic nitrogens is 2. The van der Waals surface area contributed by atoms with Crippen molar-refractivity contribution in [2.24, 2.45) is 0 Å². The molecule has 0 fully saturated rings. The fraction of sp³-hybridized carbons (Fsp3) is 0.0909. The van der Waals surface area contributed by atoms with Gasteiger partial charge >= 0.3 is 0 Å². The van der Waals surface area contributed by atoms with Crippen molar-refractivity contribution in [1.82, 2.24) is 14.5 Å². The fourth-order valence-electron chi connectivity index (χ4n) is 3.00. The molecule has 0 bridgehead atoms. The third-order valence-corrected chi connectivity index (χ3v) is 7.34. The number of sulfonamides is 1. The van der Waals surface area contributed by atoms with Crippen LogP contribution in [0.15, 0.2) is 82.1 Å². The van der Waals surface area contributed by atoms with E-state index >= 15 is 0 Å². The van der Waals surface area contributed by atoms with Gasteiger partial charge in [-0.3, -0.25) is 0 Å². The lowest BCUT2D eigenvalue weighted by Crippen LogP contribution is -2.30. The molecular formula is C22H16Cl3N3O3S. The van der Waals surface area contributed by atoms with Crippen LogP contribution in [0.1, 0.15) is 11.5 Å². The summed E-state index contributed by atoms with van der Waals surface area (Å²) in [5.41, 5.74) is 1.45. The molecule has 0 atom stereocenters. The second-order valence-corrected chi connectivity index (χ2v) is 10.0. The summed E-state index contributed by atoms with van der Waals surface area (Å²) in [7, 11) is -4.04. The molecule has 0 saturated heterocycles. The Hall–Kier alpha value is -2.42. The number of hydrogen-bond acceptors (Lipinski definition) is 5. The van der Waals surface area contributed by atoms with E-state index in [1.165, 1.54) is 22.5 Å². The Kier molecular flexibility index (Phi) is 6.83. The Bertz CT molecular complexity index is 1330. The highest BCUT2D eigenvalue weighted by Crippen LogP contribution is 2.30. The maximum absolute atomic E-state index is 13.5. The van der Waals surface area contributed by atoms with E-state index in [0.717, 1.165) is 5.56 Å². The average Bonchev–Trinajstić information content (AvgIpc) is 3.25. The second kappa shape index (κ2) is 9.60. The number of benzene rings is 3. The molecule has 0 unspecified atom stereocenters. The normalized spacial score (nSPS) is 11.8. The van der Waals surface area contributed by atoms with Crippen LogP contribution in [-0.4, -0.2) is 22.9 Å². The minimum Gasteiger partial charge on any atom is -0.419 e. The van der Waals surface area contributed by atoms with Gasteiger partial charge in [0.25, 0.3) is 0 Å². The maximum atomic E-state index is 13.5. The van der Waals surface area contributed by atoms with Gasteiger partial charge in [-0.05, 0) is 48.0 Å². The average molecular weight is 509 g/mol. The summed E-state index contributed by atoms with van der Waals surface area (Å²) in [5.74, 6) is 0.391. The Balaban J connectivity index is 1.69. The first-order valence-electron chi connectivity index (χ1n) is 9.40. The second-order valence-electron chi connectivity index (χ2n) is 6.84. The lowest BCUT2D eigenvalue weighted by Gasteiger charge is -2.21. The zero-order valence-corrected chi connectivity index (χ0v) is 19.5. The minimum absolute atomic E-state index is 0.0693. The third-order valence-electron chi connectivity index (χ3n) is 4.58. The first-order chi connectivity index (χ1) is 15.3. The molecule has 1 aromatic heterocycles. The third kappa shape index (κ3) is 5.14. The molecule has 0 aliphatic carbocycles. The smallest absolute Gasteiger partial charge is 0.247 e. The SMILES string of the molecule is O=S(=O)(c1cc(Cl)ccc1Cl)N(Cc1ccccc1)Cc1nnc(-c2ccc(Cl)cc2)o1. The predicted molar refractivity (Wildman–Crippen MR) is 124 cm³/mol. The first-order valence-corrected chi connectivity index (χ1v) is 12.0. The Morgan fingerprint density at radius 1 is 0.812 bits per heavy atom. The summed E-state index contributed by atoms with van der Waals surface area (Å²) in [6.07, 6.45) is 0. The zero-order chi connectivity index (χ0) is 22.7. The van der Waals surface area contributed by atoms with Crippen molar-refractivity contribution in [3.05, 3.63) is 99.3 Å². The van der Waals surface area contributed by atoms with Crippen molar-refractivity contribution in [2.75, 3.05) is 0 Å². The molecule has 0 amide bonds. The summed E-state index contributed by atoms with van der Waals surface area (Å²) in [6.45, 7) is -0.0780. The van der Waals surface area contributed by atoms with Gasteiger partial charge in [-0.25, -0.2) is 8.42 Å². The van der Waals surface area contributed by atoms with Crippen molar-refractivity contribution in [2.45, 2.75) is 18.0 Å². The monoisotopic (exact) mass is 507 g/mol. The zero-order valence-electron chi connectivity index (χ0n) is 16.5. The molecule has 4 aromatic rings. The van der Waals surface area contributed by atoms with Crippen LogP contribution in [-0.2, 0) is 23.1 Å². The number of hydrogen-bond donors (Lipinski definition) is 0. The largest absolute Gasteiger partial charge is 0.419 e. The van der Waals surface area contributed by atoms with Gasteiger partial charge in [-0.2, -0.15) is 4.31 Å². The van der Waals surface area contributed by atoms with Gasteiger partial charge in [0, 0.05) is 22.2 Å². The van der Waals surface area contributed by atoms with E-state index in [1.807, 2.05) is 30.3 Å². The Morgan fingerprint density at radius 3 is 2.22 bits per heavy atom. The van der Waals surface area contributed by atoms with Gasteiger partial charge in [0.05, 0.1) is 11.6 Å². The number of halogens is 3. The molecule has 0 spiro atoms. The predicted octanol–water partition coefficient (Wildman–Crippen LogP) is 6.09. The summed E-state index contributed by atoms with van der Waals surface area (Å²) in [4.78, 5) is -0.0972. The van der Waals surface area contributed by atoms with Gasteiger partial charge in [0.15, 0.2) is 0 Å². The van der Waals surface area contributed by atoms with Gasteiger partial charge in [0.2, 0.25) is 21.8 Å². The van der Waals surface area contributed by atoms with Crippen molar-refractivity contribution in [3.63, 3.8) is 0 Å². The van der Waals surface area contributed by atoms with Gasteiger partial charge in [0.1, 0.15) is 4.90 Å². The quantitative estimate of drug-likeness (QED) is 0.302. The number of nitrogens with zero attached hydrogens (tertiary/aromatic N) is 3. The molecular weight excluding hydrogens is 493 g/mol. The first kappa shape index (κ1) is 22.8. The minimum atomic E-state index is -4.04. The van der Waals surface area contributed by atoms with E-state index in [4.69, 9.17) is 39.2 Å². The topological polar surface area (TPSA) is 76.3 Å². The molecule has 3 aromatic carbocycles. The summed E-state index contributed by atoms with van der Waals surface area (Å²) >= 11 is 18.2. The van der Waals surface area contributed by atoms with Gasteiger partial charge in [-0.15, -0.1) is 10.2 Å². The van der Waals surface area contributed by atoms with Crippen LogP contribution in [0.2, 0.25) is 15.1 Å². The van der Waals surface area contributed by atoms with E-state index in [2.05, 4.69) is 10.2 Å². The van der Waals surface area contributed by atoms with Crippen LogP contribution in [0, 0.1) is 0 Å². The van der Waals surface area contributed by atoms with Crippen molar-refractivity contribution >= 4 is 44.8 Å². The van der Waals surface area contributed by atoms with Crippen LogP contribution in [0.3, 0.4) is 0 Å². The van der Waals surface area contributed by atoms with Crippen LogP contribution < -0.4 is 0 Å². The molecule has 164 valence electrons.